The van der Waals surface area contributed by atoms with Crippen LogP contribution in [0.4, 0.5) is 11.4 Å². The number of hydrogen-bond acceptors (Lipinski definition) is 5. The number of anilines is 2. The molecular formula is C18H12ClN2O4-. The highest BCUT2D eigenvalue weighted by Crippen LogP contribution is 2.31. The Morgan fingerprint density at radius 1 is 1.04 bits per heavy atom. The minimum absolute atomic E-state index is 0.000915. The Kier molecular flexibility index (Phi) is 4.29. The summed E-state index contributed by atoms with van der Waals surface area (Å²) in [4.78, 5) is 36.8. The average molecular weight is 356 g/mol. The van der Waals surface area contributed by atoms with Crippen LogP contribution in [0.15, 0.2) is 59.3 Å². The van der Waals surface area contributed by atoms with Gasteiger partial charge in [-0.3, -0.25) is 9.59 Å². The van der Waals surface area contributed by atoms with Crippen molar-refractivity contribution in [3.63, 3.8) is 0 Å². The Morgan fingerprint density at radius 3 is 2.28 bits per heavy atom. The Labute approximate surface area is 148 Å². The summed E-state index contributed by atoms with van der Waals surface area (Å²) in [7, 11) is 0. The first-order valence-corrected chi connectivity index (χ1v) is 7.70. The number of para-hydroxylation sites is 1. The lowest BCUT2D eigenvalue weighted by molar-refractivity contribution is -0.255. The summed E-state index contributed by atoms with van der Waals surface area (Å²) in [6.07, 6.45) is 0. The molecule has 0 radical (unpaired) electrons. The van der Waals surface area contributed by atoms with E-state index in [1.165, 1.54) is 24.3 Å². The molecule has 2 aromatic carbocycles. The van der Waals surface area contributed by atoms with Gasteiger partial charge in [-0.1, -0.05) is 41.9 Å². The number of halogens is 1. The van der Waals surface area contributed by atoms with E-state index in [-0.39, 0.29) is 16.3 Å². The van der Waals surface area contributed by atoms with Gasteiger partial charge in [-0.2, -0.15) is 0 Å². The third-order valence-corrected chi connectivity index (χ3v) is 4.12. The molecule has 6 nitrogen and oxygen atoms in total. The second-order valence-electron chi connectivity index (χ2n) is 5.41. The molecule has 0 saturated heterocycles. The van der Waals surface area contributed by atoms with Gasteiger partial charge in [0, 0.05) is 5.69 Å². The van der Waals surface area contributed by atoms with Crippen LogP contribution >= 0.6 is 11.6 Å². The van der Waals surface area contributed by atoms with Gasteiger partial charge in [-0.15, -0.1) is 0 Å². The van der Waals surface area contributed by atoms with Crippen LogP contribution in [-0.4, -0.2) is 17.8 Å². The predicted octanol–water partition coefficient (Wildman–Crippen LogP) is 1.79. The highest BCUT2D eigenvalue weighted by atomic mass is 35.5. The number of aryl methyl sites for hydroxylation is 1. The van der Waals surface area contributed by atoms with Gasteiger partial charge in [0.05, 0.1) is 11.7 Å². The van der Waals surface area contributed by atoms with Crippen molar-refractivity contribution in [1.29, 1.82) is 0 Å². The van der Waals surface area contributed by atoms with E-state index in [0.717, 1.165) is 10.5 Å². The SMILES string of the molecule is Cc1ccccc1N1C(=O)C(Cl)=C(Nc2ccc(C(=O)[O-])cc2)C1=O. The number of carbonyl (C=O) groups excluding carboxylic acids is 3. The molecule has 126 valence electrons. The Hall–Kier alpha value is -3.12. The molecule has 0 fully saturated rings. The standard InChI is InChI=1S/C18H13ClN2O4/c1-10-4-2-3-5-13(10)21-16(22)14(19)15(17(21)23)20-12-8-6-11(7-9-12)18(24)25/h2-9,20H,1H3,(H,24,25)/p-1. The highest BCUT2D eigenvalue weighted by molar-refractivity contribution is 6.53. The topological polar surface area (TPSA) is 89.5 Å². The molecule has 0 spiro atoms. The van der Waals surface area contributed by atoms with Crippen LogP contribution in [0.5, 0.6) is 0 Å². The summed E-state index contributed by atoms with van der Waals surface area (Å²) < 4.78 is 0. The fourth-order valence-corrected chi connectivity index (χ4v) is 2.69. The fraction of sp³-hybridized carbons (Fsp3) is 0.0556. The van der Waals surface area contributed by atoms with Gasteiger partial charge in [0.2, 0.25) is 0 Å². The van der Waals surface area contributed by atoms with E-state index in [1.54, 1.807) is 31.2 Å². The maximum atomic E-state index is 12.7. The van der Waals surface area contributed by atoms with Crippen molar-refractivity contribution in [3.05, 3.63) is 70.4 Å². The van der Waals surface area contributed by atoms with Crippen molar-refractivity contribution in [1.82, 2.24) is 0 Å². The zero-order valence-electron chi connectivity index (χ0n) is 13.1. The van der Waals surface area contributed by atoms with Crippen LogP contribution in [0, 0.1) is 6.92 Å². The molecule has 1 heterocycles. The van der Waals surface area contributed by atoms with Gasteiger partial charge in [0.15, 0.2) is 0 Å². The van der Waals surface area contributed by atoms with Crippen molar-refractivity contribution in [2.45, 2.75) is 6.92 Å². The lowest BCUT2D eigenvalue weighted by Crippen LogP contribution is -2.32. The number of benzene rings is 2. The normalized spacial score (nSPS) is 14.2. The third-order valence-electron chi connectivity index (χ3n) is 3.77. The Morgan fingerprint density at radius 2 is 1.68 bits per heavy atom. The minimum Gasteiger partial charge on any atom is -0.545 e. The van der Waals surface area contributed by atoms with Crippen LogP contribution in [0.1, 0.15) is 15.9 Å². The molecule has 0 unspecified atom stereocenters. The second kappa shape index (κ2) is 6.41. The van der Waals surface area contributed by atoms with E-state index < -0.39 is 17.8 Å². The monoisotopic (exact) mass is 355 g/mol. The van der Waals surface area contributed by atoms with Crippen LogP contribution < -0.4 is 15.3 Å². The zero-order chi connectivity index (χ0) is 18.1. The van der Waals surface area contributed by atoms with E-state index in [0.29, 0.717) is 11.4 Å². The third kappa shape index (κ3) is 2.99. The van der Waals surface area contributed by atoms with Crippen LogP contribution in [0.25, 0.3) is 0 Å². The molecule has 0 atom stereocenters. The number of aromatic carboxylic acids is 1. The average Bonchev–Trinajstić information content (AvgIpc) is 2.80. The number of nitrogens with zero attached hydrogens (tertiary/aromatic N) is 1. The summed E-state index contributed by atoms with van der Waals surface area (Å²) in [6.45, 7) is 1.79. The molecule has 25 heavy (non-hydrogen) atoms. The molecule has 0 saturated carbocycles. The molecule has 7 heteroatoms. The van der Waals surface area contributed by atoms with E-state index in [1.807, 2.05) is 0 Å². The lowest BCUT2D eigenvalue weighted by Gasteiger charge is -2.17. The predicted molar refractivity (Wildman–Crippen MR) is 90.9 cm³/mol. The first-order chi connectivity index (χ1) is 11.9. The Bertz CT molecular complexity index is 919. The summed E-state index contributed by atoms with van der Waals surface area (Å²) in [5.41, 5.74) is 1.58. The van der Waals surface area contributed by atoms with Gasteiger partial charge < -0.3 is 15.2 Å². The van der Waals surface area contributed by atoms with Crippen LogP contribution in [0.2, 0.25) is 0 Å². The van der Waals surface area contributed by atoms with Gasteiger partial charge >= 0.3 is 0 Å². The molecule has 1 aliphatic heterocycles. The number of amides is 2. The fourth-order valence-electron chi connectivity index (χ4n) is 2.48. The number of hydrogen-bond donors (Lipinski definition) is 1. The summed E-state index contributed by atoms with van der Waals surface area (Å²) >= 11 is 6.05. The minimum atomic E-state index is -1.30. The molecule has 2 aromatic rings. The van der Waals surface area contributed by atoms with Gasteiger partial charge in [-0.05, 0) is 36.2 Å². The number of nitrogens with one attached hydrogen (secondary N) is 1. The summed E-state index contributed by atoms with van der Waals surface area (Å²) in [5.74, 6) is -2.50. The largest absolute Gasteiger partial charge is 0.545 e. The second-order valence-corrected chi connectivity index (χ2v) is 5.79. The van der Waals surface area contributed by atoms with Crippen molar-refractivity contribution in [3.8, 4) is 0 Å². The van der Waals surface area contributed by atoms with Crippen LogP contribution in [-0.2, 0) is 9.59 Å². The van der Waals surface area contributed by atoms with Crippen LogP contribution in [0.3, 0.4) is 0 Å². The molecule has 1 N–H and O–H groups in total. The number of carboxylic acid groups (broad SMARTS) is 1. The molecule has 3 rings (SSSR count). The number of carboxylic acids is 1. The quantitative estimate of drug-likeness (QED) is 0.844. The lowest BCUT2D eigenvalue weighted by atomic mass is 10.2. The number of carbonyl (C=O) groups is 3. The number of imide groups is 1. The van der Waals surface area contributed by atoms with Crippen molar-refractivity contribution < 1.29 is 19.5 Å². The van der Waals surface area contributed by atoms with Gasteiger partial charge in [0.1, 0.15) is 10.7 Å². The molecule has 0 aromatic heterocycles. The molecule has 0 bridgehead atoms. The van der Waals surface area contributed by atoms with Crippen molar-refractivity contribution in [2.75, 3.05) is 10.2 Å². The Balaban J connectivity index is 1.90. The van der Waals surface area contributed by atoms with Crippen molar-refractivity contribution >= 4 is 40.8 Å². The molecule has 2 amide bonds. The molecule has 1 aliphatic rings. The van der Waals surface area contributed by atoms with Crippen molar-refractivity contribution in [2.24, 2.45) is 0 Å². The maximum absolute atomic E-state index is 12.7. The summed E-state index contributed by atoms with van der Waals surface area (Å²) in [6, 6.07) is 12.5. The number of rotatable bonds is 4. The highest BCUT2D eigenvalue weighted by Gasteiger charge is 2.39. The van der Waals surface area contributed by atoms with E-state index in [2.05, 4.69) is 5.32 Å². The first-order valence-electron chi connectivity index (χ1n) is 7.33. The molecule has 0 aliphatic carbocycles. The smallest absolute Gasteiger partial charge is 0.283 e. The van der Waals surface area contributed by atoms with Gasteiger partial charge in [-0.25, -0.2) is 4.90 Å². The maximum Gasteiger partial charge on any atom is 0.283 e. The molecular weight excluding hydrogens is 344 g/mol. The summed E-state index contributed by atoms with van der Waals surface area (Å²) in [5, 5.41) is 13.3. The van der Waals surface area contributed by atoms with Gasteiger partial charge in [0.25, 0.3) is 11.8 Å². The zero-order valence-corrected chi connectivity index (χ0v) is 13.8. The first kappa shape index (κ1) is 16.7. The van der Waals surface area contributed by atoms with E-state index in [9.17, 15) is 19.5 Å². The van der Waals surface area contributed by atoms with E-state index in [4.69, 9.17) is 11.6 Å². The van der Waals surface area contributed by atoms with E-state index >= 15 is 0 Å².